The number of thiocarbonyl (C=S) groups is 1. The fourth-order valence-electron chi connectivity index (χ4n) is 4.86. The molecule has 0 radical (unpaired) electrons. The van der Waals surface area contributed by atoms with Gasteiger partial charge in [-0.15, -0.1) is 0 Å². The van der Waals surface area contributed by atoms with Crippen LogP contribution in [-0.4, -0.2) is 25.7 Å². The molecule has 0 saturated carbocycles. The molecule has 3 heterocycles. The van der Waals surface area contributed by atoms with Crippen LogP contribution < -0.4 is 10.2 Å². The predicted molar refractivity (Wildman–Crippen MR) is 137 cm³/mol. The Morgan fingerprint density at radius 2 is 1.77 bits per heavy atom. The summed E-state index contributed by atoms with van der Waals surface area (Å²) in [4.78, 5) is 18.5. The first-order valence-electron chi connectivity index (χ1n) is 11.1. The van der Waals surface area contributed by atoms with Crippen LogP contribution in [0.4, 0.5) is 10.1 Å². The summed E-state index contributed by atoms with van der Waals surface area (Å²) in [6, 6.07) is 20.4. The number of rotatable bonds is 5. The molecule has 6 nitrogen and oxygen atoms in total. The average Bonchev–Trinajstić information content (AvgIpc) is 3.35. The monoisotopic (exact) mass is 486 g/mol. The minimum Gasteiger partial charge on any atom is -0.478 e. The molecule has 2 atom stereocenters. The second-order valence-electron chi connectivity index (χ2n) is 8.46. The lowest BCUT2D eigenvalue weighted by atomic mass is 9.96. The molecule has 1 saturated heterocycles. The Labute approximate surface area is 207 Å². The first-order valence-corrected chi connectivity index (χ1v) is 11.6. The molecule has 8 heteroatoms. The molecule has 5 rings (SSSR count). The second-order valence-corrected chi connectivity index (χ2v) is 8.84. The molecular weight excluding hydrogens is 463 g/mol. The van der Waals surface area contributed by atoms with Crippen molar-refractivity contribution in [2.24, 2.45) is 0 Å². The van der Waals surface area contributed by atoms with E-state index in [-0.39, 0.29) is 23.5 Å². The second kappa shape index (κ2) is 8.96. The molecule has 176 valence electrons. The van der Waals surface area contributed by atoms with E-state index in [1.807, 2.05) is 47.6 Å². The Kier molecular flexibility index (Phi) is 5.82. The average molecular weight is 487 g/mol. The number of nitrogens with one attached hydrogen (secondary N) is 1. The molecule has 0 spiro atoms. The molecule has 0 aliphatic carbocycles. The summed E-state index contributed by atoms with van der Waals surface area (Å²) in [6.45, 7) is 3.93. The van der Waals surface area contributed by atoms with E-state index in [4.69, 9.17) is 12.2 Å². The number of benzene rings is 2. The number of hydrogen-bond acceptors (Lipinski definition) is 3. The first kappa shape index (κ1) is 22.7. The summed E-state index contributed by atoms with van der Waals surface area (Å²) in [5.74, 6) is -1.31. The van der Waals surface area contributed by atoms with Gasteiger partial charge in [0, 0.05) is 23.3 Å². The van der Waals surface area contributed by atoms with Crippen LogP contribution in [0.25, 0.3) is 5.69 Å². The minimum absolute atomic E-state index is 0.220. The zero-order valence-electron chi connectivity index (χ0n) is 19.1. The van der Waals surface area contributed by atoms with E-state index in [9.17, 15) is 14.3 Å². The van der Waals surface area contributed by atoms with Gasteiger partial charge in [-0.05, 0) is 86.2 Å². The van der Waals surface area contributed by atoms with Gasteiger partial charge in [-0.3, -0.25) is 4.98 Å². The standard InChI is InChI=1S/C27H23FN4O2S/c1-16-15-21(17(2)31(16)23-9-4-3-7-20(23)26(33)34)25-24(22-8-5-6-14-29-22)30-27(35)32(25)19-12-10-18(28)11-13-19/h3-15,24-25H,1-2H3,(H,30,35)(H,33,34)/t24-,25+/m1/s1. The normalized spacial score (nSPS) is 17.5. The van der Waals surface area contributed by atoms with Gasteiger partial charge in [0.05, 0.1) is 29.0 Å². The van der Waals surface area contributed by atoms with E-state index in [1.54, 1.807) is 36.5 Å². The molecule has 1 fully saturated rings. The van der Waals surface area contributed by atoms with Gasteiger partial charge in [0.25, 0.3) is 0 Å². The zero-order valence-corrected chi connectivity index (χ0v) is 20.0. The van der Waals surface area contributed by atoms with Crippen molar-refractivity contribution in [3.63, 3.8) is 0 Å². The van der Waals surface area contributed by atoms with Crippen LogP contribution >= 0.6 is 12.2 Å². The summed E-state index contributed by atoms with van der Waals surface area (Å²) in [6.07, 6.45) is 1.74. The molecule has 2 N–H and O–H groups in total. The van der Waals surface area contributed by atoms with Crippen LogP contribution in [0.3, 0.4) is 0 Å². The van der Waals surface area contributed by atoms with Gasteiger partial charge in [0.15, 0.2) is 5.11 Å². The maximum atomic E-state index is 13.7. The van der Waals surface area contributed by atoms with Crippen molar-refractivity contribution in [1.82, 2.24) is 14.9 Å². The number of hydrogen-bond donors (Lipinski definition) is 2. The quantitative estimate of drug-likeness (QED) is 0.363. The van der Waals surface area contributed by atoms with Crippen LogP contribution in [0.5, 0.6) is 0 Å². The first-order chi connectivity index (χ1) is 16.9. The van der Waals surface area contributed by atoms with Crippen molar-refractivity contribution in [2.75, 3.05) is 4.90 Å². The molecule has 4 aromatic rings. The third-order valence-corrected chi connectivity index (χ3v) is 6.68. The van der Waals surface area contributed by atoms with Gasteiger partial charge in [0.2, 0.25) is 0 Å². The van der Waals surface area contributed by atoms with Crippen molar-refractivity contribution in [2.45, 2.75) is 25.9 Å². The Morgan fingerprint density at radius 1 is 1.06 bits per heavy atom. The van der Waals surface area contributed by atoms with Crippen LogP contribution in [-0.2, 0) is 0 Å². The summed E-state index contributed by atoms with van der Waals surface area (Å²) in [5.41, 5.74) is 5.14. The summed E-state index contributed by atoms with van der Waals surface area (Å²) in [7, 11) is 0. The Balaban J connectivity index is 1.70. The van der Waals surface area contributed by atoms with Crippen molar-refractivity contribution < 1.29 is 14.3 Å². The fraction of sp³-hybridized carbons (Fsp3) is 0.148. The van der Waals surface area contributed by atoms with Gasteiger partial charge in [-0.2, -0.15) is 0 Å². The van der Waals surface area contributed by atoms with E-state index < -0.39 is 5.97 Å². The number of pyridine rings is 1. The highest BCUT2D eigenvalue weighted by Crippen LogP contribution is 2.43. The highest BCUT2D eigenvalue weighted by Gasteiger charge is 2.42. The third kappa shape index (κ3) is 3.95. The number of aromatic carboxylic acids is 1. The van der Waals surface area contributed by atoms with Crippen molar-refractivity contribution in [1.29, 1.82) is 0 Å². The van der Waals surface area contributed by atoms with E-state index in [2.05, 4.69) is 16.4 Å². The topological polar surface area (TPSA) is 70.4 Å². The van der Waals surface area contributed by atoms with Gasteiger partial charge in [-0.25, -0.2) is 9.18 Å². The highest BCUT2D eigenvalue weighted by molar-refractivity contribution is 7.80. The number of anilines is 1. The summed E-state index contributed by atoms with van der Waals surface area (Å²) >= 11 is 5.75. The summed E-state index contributed by atoms with van der Waals surface area (Å²) < 4.78 is 15.7. The molecule has 1 aliphatic heterocycles. The van der Waals surface area contributed by atoms with E-state index in [1.165, 1.54) is 12.1 Å². The molecule has 35 heavy (non-hydrogen) atoms. The van der Waals surface area contributed by atoms with Crippen molar-refractivity contribution in [3.05, 3.63) is 113 Å². The number of halogens is 1. The number of para-hydroxylation sites is 1. The molecule has 0 bridgehead atoms. The van der Waals surface area contributed by atoms with E-state index in [0.717, 1.165) is 28.3 Å². The Morgan fingerprint density at radius 3 is 2.46 bits per heavy atom. The smallest absolute Gasteiger partial charge is 0.337 e. The largest absolute Gasteiger partial charge is 0.478 e. The maximum Gasteiger partial charge on any atom is 0.337 e. The van der Waals surface area contributed by atoms with Crippen LogP contribution in [0.15, 0.2) is 79.0 Å². The number of aromatic nitrogens is 2. The van der Waals surface area contributed by atoms with Gasteiger partial charge < -0.3 is 19.9 Å². The number of carbonyl (C=O) groups is 1. The predicted octanol–water partition coefficient (Wildman–Crippen LogP) is 5.50. The SMILES string of the molecule is Cc1cc([C@H]2[C@@H](c3ccccn3)NC(=S)N2c2ccc(F)cc2)c(C)n1-c1ccccc1C(=O)O. The van der Waals surface area contributed by atoms with Gasteiger partial charge in [-0.1, -0.05) is 18.2 Å². The molecule has 1 aliphatic rings. The highest BCUT2D eigenvalue weighted by atomic mass is 32.1. The number of nitrogens with zero attached hydrogens (tertiary/aromatic N) is 3. The molecule has 0 unspecified atom stereocenters. The lowest BCUT2D eigenvalue weighted by Gasteiger charge is -2.28. The lowest BCUT2D eigenvalue weighted by Crippen LogP contribution is -2.29. The lowest BCUT2D eigenvalue weighted by molar-refractivity contribution is 0.0697. The van der Waals surface area contributed by atoms with Crippen molar-refractivity contribution in [3.8, 4) is 5.69 Å². The number of aryl methyl sites for hydroxylation is 1. The Hall–Kier alpha value is -4.04. The zero-order chi connectivity index (χ0) is 24.7. The van der Waals surface area contributed by atoms with Crippen LogP contribution in [0.1, 0.15) is 45.1 Å². The number of carboxylic acid groups (broad SMARTS) is 1. The number of carboxylic acids is 1. The fourth-order valence-corrected chi connectivity index (χ4v) is 5.20. The molecule has 2 aromatic heterocycles. The van der Waals surface area contributed by atoms with E-state index >= 15 is 0 Å². The van der Waals surface area contributed by atoms with Crippen LogP contribution in [0.2, 0.25) is 0 Å². The molecule has 2 aromatic carbocycles. The van der Waals surface area contributed by atoms with Crippen molar-refractivity contribution >= 4 is 29.0 Å². The molecule has 0 amide bonds. The van der Waals surface area contributed by atoms with Gasteiger partial charge in [0.1, 0.15) is 5.82 Å². The molecular formula is C27H23FN4O2S. The third-order valence-electron chi connectivity index (χ3n) is 6.37. The van der Waals surface area contributed by atoms with E-state index in [0.29, 0.717) is 10.8 Å². The maximum absolute atomic E-state index is 13.7. The minimum atomic E-state index is -0.988. The van der Waals surface area contributed by atoms with Gasteiger partial charge >= 0.3 is 5.97 Å². The summed E-state index contributed by atoms with van der Waals surface area (Å²) in [5, 5.41) is 13.7. The Bertz CT molecular complexity index is 1420. The van der Waals surface area contributed by atoms with Crippen LogP contribution in [0, 0.1) is 19.7 Å².